The van der Waals surface area contributed by atoms with Gasteiger partial charge >= 0.3 is 0 Å². The summed E-state index contributed by atoms with van der Waals surface area (Å²) in [5, 5.41) is 8.45. The minimum atomic E-state index is 0.147. The van der Waals surface area contributed by atoms with Gasteiger partial charge in [-0.15, -0.1) is 6.58 Å². The minimum absolute atomic E-state index is 0.147. The summed E-state index contributed by atoms with van der Waals surface area (Å²) >= 11 is 2.09. The molecule has 0 aliphatic carbocycles. The predicted octanol–water partition coefficient (Wildman–Crippen LogP) is 1.87. The van der Waals surface area contributed by atoms with Crippen LogP contribution in [0.2, 0.25) is 0 Å². The van der Waals surface area contributed by atoms with E-state index in [0.717, 1.165) is 10.0 Å². The van der Waals surface area contributed by atoms with Gasteiger partial charge in [-0.1, -0.05) is 12.2 Å². The molecule has 0 spiro atoms. The van der Waals surface area contributed by atoms with Gasteiger partial charge in [-0.25, -0.2) is 0 Å². The molecule has 0 aliphatic rings. The smallest absolute Gasteiger partial charge is 0.0735 e. The maximum Gasteiger partial charge on any atom is 0.0735 e. The van der Waals surface area contributed by atoms with Crippen molar-refractivity contribution < 1.29 is 5.11 Å². The third-order valence-electron chi connectivity index (χ3n) is 0.657. The fourth-order valence-electron chi connectivity index (χ4n) is 0.276. The molecule has 0 aromatic heterocycles. The van der Waals surface area contributed by atoms with Gasteiger partial charge in [0.15, 0.2) is 0 Å². The van der Waals surface area contributed by atoms with Crippen LogP contribution in [0.25, 0.3) is 0 Å². The number of rotatable bonds is 3. The van der Waals surface area contributed by atoms with Crippen LogP contribution in [0, 0.1) is 0 Å². The maximum atomic E-state index is 8.45. The fraction of sp³-hybridized carbons (Fsp3) is 0.333. The molecule has 0 heterocycles. The van der Waals surface area contributed by atoms with Crippen LogP contribution in [0.1, 0.15) is 6.42 Å². The quantitative estimate of drug-likeness (QED) is 0.573. The van der Waals surface area contributed by atoms with Gasteiger partial charge in [0, 0.05) is 3.58 Å². The molecule has 0 unspecified atom stereocenters. The summed E-state index contributed by atoms with van der Waals surface area (Å²) in [4.78, 5) is 0. The summed E-state index contributed by atoms with van der Waals surface area (Å²) in [6.45, 7) is 3.68. The van der Waals surface area contributed by atoms with Crippen LogP contribution in [0.3, 0.4) is 0 Å². The standard InChI is InChI=1S/C6H9IO/c1-2-3-4-6(7)5-8/h2,4,8H,1,3,5H2/b6-4-. The Hall–Kier alpha value is 0.170. The van der Waals surface area contributed by atoms with Crippen LogP contribution in [-0.2, 0) is 0 Å². The van der Waals surface area contributed by atoms with Crippen molar-refractivity contribution in [1.29, 1.82) is 0 Å². The lowest BCUT2D eigenvalue weighted by molar-refractivity contribution is 0.341. The van der Waals surface area contributed by atoms with Crippen LogP contribution in [-0.4, -0.2) is 11.7 Å². The lowest BCUT2D eigenvalue weighted by Gasteiger charge is -1.86. The van der Waals surface area contributed by atoms with Gasteiger partial charge in [0.25, 0.3) is 0 Å². The van der Waals surface area contributed by atoms with Crippen molar-refractivity contribution in [3.8, 4) is 0 Å². The molecule has 0 bridgehead atoms. The molecule has 1 N–H and O–H groups in total. The second kappa shape index (κ2) is 5.31. The largest absolute Gasteiger partial charge is 0.391 e. The van der Waals surface area contributed by atoms with Crippen LogP contribution in [0.15, 0.2) is 22.3 Å². The first kappa shape index (κ1) is 8.17. The Kier molecular flexibility index (Phi) is 5.42. The van der Waals surface area contributed by atoms with Gasteiger partial charge in [0.05, 0.1) is 6.61 Å². The molecule has 0 amide bonds. The molecule has 8 heavy (non-hydrogen) atoms. The zero-order chi connectivity index (χ0) is 6.41. The van der Waals surface area contributed by atoms with Gasteiger partial charge in [-0.2, -0.15) is 0 Å². The number of halogens is 1. The van der Waals surface area contributed by atoms with Crippen molar-refractivity contribution in [2.24, 2.45) is 0 Å². The molecule has 0 aromatic carbocycles. The van der Waals surface area contributed by atoms with Crippen molar-refractivity contribution in [2.45, 2.75) is 6.42 Å². The first-order valence-corrected chi connectivity index (χ1v) is 3.45. The predicted molar refractivity (Wildman–Crippen MR) is 44.0 cm³/mol. The second-order valence-electron chi connectivity index (χ2n) is 1.33. The van der Waals surface area contributed by atoms with E-state index in [0.29, 0.717) is 0 Å². The van der Waals surface area contributed by atoms with Crippen LogP contribution >= 0.6 is 22.6 Å². The van der Waals surface area contributed by atoms with E-state index in [2.05, 4.69) is 29.2 Å². The molecule has 0 rings (SSSR count). The average molecular weight is 224 g/mol. The Labute approximate surface area is 63.2 Å². The van der Waals surface area contributed by atoms with Crippen molar-refractivity contribution in [1.82, 2.24) is 0 Å². The zero-order valence-electron chi connectivity index (χ0n) is 4.60. The Bertz CT molecular complexity index is 96.7. The summed E-state index contributed by atoms with van der Waals surface area (Å²) in [6, 6.07) is 0. The van der Waals surface area contributed by atoms with Gasteiger partial charge in [-0.3, -0.25) is 0 Å². The summed E-state index contributed by atoms with van der Waals surface area (Å²) in [7, 11) is 0. The summed E-state index contributed by atoms with van der Waals surface area (Å²) < 4.78 is 0.975. The molecule has 1 nitrogen and oxygen atoms in total. The molecular weight excluding hydrogens is 215 g/mol. The topological polar surface area (TPSA) is 20.2 Å². The number of hydrogen-bond donors (Lipinski definition) is 1. The Balaban J connectivity index is 3.40. The lowest BCUT2D eigenvalue weighted by atomic mass is 10.4. The number of aliphatic hydroxyl groups excluding tert-OH is 1. The van der Waals surface area contributed by atoms with Gasteiger partial charge in [-0.05, 0) is 29.0 Å². The summed E-state index contributed by atoms with van der Waals surface area (Å²) in [6.07, 6.45) is 4.58. The van der Waals surface area contributed by atoms with Crippen LogP contribution in [0.5, 0.6) is 0 Å². The van der Waals surface area contributed by atoms with E-state index in [4.69, 9.17) is 5.11 Å². The van der Waals surface area contributed by atoms with Crippen molar-refractivity contribution in [3.63, 3.8) is 0 Å². The fourth-order valence-corrected chi connectivity index (χ4v) is 0.530. The Morgan fingerprint density at radius 3 is 2.75 bits per heavy atom. The van der Waals surface area contributed by atoms with Crippen molar-refractivity contribution >= 4 is 22.6 Å². The van der Waals surface area contributed by atoms with E-state index < -0.39 is 0 Å². The Morgan fingerprint density at radius 1 is 1.75 bits per heavy atom. The van der Waals surface area contributed by atoms with Gasteiger partial charge in [0.1, 0.15) is 0 Å². The SMILES string of the molecule is C=CC/C=C(\I)CO. The normalized spacial score (nSPS) is 11.5. The van der Waals surface area contributed by atoms with E-state index in [1.165, 1.54) is 0 Å². The highest BCUT2D eigenvalue weighted by Gasteiger charge is 1.81. The molecule has 0 saturated carbocycles. The van der Waals surface area contributed by atoms with E-state index in [1.54, 1.807) is 6.08 Å². The van der Waals surface area contributed by atoms with E-state index >= 15 is 0 Å². The molecule has 0 aromatic rings. The summed E-state index contributed by atoms with van der Waals surface area (Å²) in [5.41, 5.74) is 0. The Morgan fingerprint density at radius 2 is 2.38 bits per heavy atom. The minimum Gasteiger partial charge on any atom is -0.391 e. The monoisotopic (exact) mass is 224 g/mol. The van der Waals surface area contributed by atoms with Crippen LogP contribution < -0.4 is 0 Å². The first-order valence-electron chi connectivity index (χ1n) is 2.37. The van der Waals surface area contributed by atoms with Crippen molar-refractivity contribution in [2.75, 3.05) is 6.61 Å². The maximum absolute atomic E-state index is 8.45. The van der Waals surface area contributed by atoms with Crippen molar-refractivity contribution in [3.05, 3.63) is 22.3 Å². The number of aliphatic hydroxyl groups is 1. The number of allylic oxidation sites excluding steroid dienone is 2. The van der Waals surface area contributed by atoms with Crippen LogP contribution in [0.4, 0.5) is 0 Å². The number of hydrogen-bond acceptors (Lipinski definition) is 1. The molecule has 0 radical (unpaired) electrons. The highest BCUT2D eigenvalue weighted by atomic mass is 127. The zero-order valence-corrected chi connectivity index (χ0v) is 6.76. The molecular formula is C6H9IO. The molecule has 0 saturated heterocycles. The van der Waals surface area contributed by atoms with Gasteiger partial charge < -0.3 is 5.11 Å². The van der Waals surface area contributed by atoms with Gasteiger partial charge in [0.2, 0.25) is 0 Å². The van der Waals surface area contributed by atoms with E-state index in [-0.39, 0.29) is 6.61 Å². The highest BCUT2D eigenvalue weighted by molar-refractivity contribution is 14.1. The third-order valence-corrected chi connectivity index (χ3v) is 1.44. The second-order valence-corrected chi connectivity index (χ2v) is 2.72. The molecule has 0 atom stereocenters. The molecule has 46 valence electrons. The van der Waals surface area contributed by atoms with E-state index in [1.807, 2.05) is 6.08 Å². The average Bonchev–Trinajstić information content (AvgIpc) is 1.83. The first-order chi connectivity index (χ1) is 3.81. The molecule has 0 aliphatic heterocycles. The molecule has 0 fully saturated rings. The lowest BCUT2D eigenvalue weighted by Crippen LogP contribution is -1.77. The third kappa shape index (κ3) is 4.33. The van der Waals surface area contributed by atoms with E-state index in [9.17, 15) is 0 Å². The molecule has 2 heteroatoms. The highest BCUT2D eigenvalue weighted by Crippen LogP contribution is 2.04. The summed E-state index contributed by atoms with van der Waals surface area (Å²) in [5.74, 6) is 0.